The Kier molecular flexibility index (Phi) is 2.49. The van der Waals surface area contributed by atoms with Crippen molar-refractivity contribution in [3.8, 4) is 11.3 Å². The van der Waals surface area contributed by atoms with Crippen molar-refractivity contribution in [2.75, 3.05) is 12.8 Å². The molecule has 23 heavy (non-hydrogen) atoms. The number of aromatic nitrogens is 1. The van der Waals surface area contributed by atoms with Crippen LogP contribution in [-0.2, 0) is 19.7 Å². The van der Waals surface area contributed by atoms with Crippen LogP contribution >= 0.6 is 0 Å². The van der Waals surface area contributed by atoms with Crippen molar-refractivity contribution < 1.29 is 18.7 Å². The molecule has 116 valence electrons. The van der Waals surface area contributed by atoms with Crippen molar-refractivity contribution in [3.05, 3.63) is 46.8 Å². The van der Waals surface area contributed by atoms with Gasteiger partial charge in [0, 0.05) is 11.3 Å². The minimum absolute atomic E-state index is 0.0505. The summed E-state index contributed by atoms with van der Waals surface area (Å²) in [6.07, 6.45) is 0. The van der Waals surface area contributed by atoms with E-state index in [-0.39, 0.29) is 17.5 Å². The highest BCUT2D eigenvalue weighted by Crippen LogP contribution is 2.55. The number of benzene rings is 1. The van der Waals surface area contributed by atoms with E-state index in [0.29, 0.717) is 28.3 Å². The molecular weight excluding hydrogens is 298 g/mol. The molecule has 7 heteroatoms. The first-order valence-electron chi connectivity index (χ1n) is 6.99. The van der Waals surface area contributed by atoms with Crippen molar-refractivity contribution in [2.24, 2.45) is 0 Å². The Morgan fingerprint density at radius 1 is 1.39 bits per heavy atom. The predicted molar refractivity (Wildman–Crippen MR) is 80.0 cm³/mol. The van der Waals surface area contributed by atoms with Gasteiger partial charge in [-0.15, -0.1) is 0 Å². The quantitative estimate of drug-likeness (QED) is 0.764. The zero-order valence-corrected chi connectivity index (χ0v) is 12.5. The van der Waals surface area contributed by atoms with Gasteiger partial charge in [0.1, 0.15) is 5.69 Å². The number of allylic oxidation sites excluding steroid dienone is 1. The topological polar surface area (TPSA) is 107 Å². The van der Waals surface area contributed by atoms with Gasteiger partial charge in [0.05, 0.1) is 12.7 Å². The van der Waals surface area contributed by atoms with Gasteiger partial charge in [-0.3, -0.25) is 4.79 Å². The minimum Gasteiger partial charge on any atom is -0.466 e. The van der Waals surface area contributed by atoms with Crippen LogP contribution in [0.3, 0.4) is 0 Å². The molecule has 2 heterocycles. The molecule has 0 fully saturated rings. The van der Waals surface area contributed by atoms with Crippen molar-refractivity contribution in [2.45, 2.75) is 12.3 Å². The molecule has 3 N–H and O–H groups in total. The first-order valence-corrected chi connectivity index (χ1v) is 6.99. The van der Waals surface area contributed by atoms with Gasteiger partial charge in [-0.1, -0.05) is 24.3 Å². The number of carbonyl (C=O) groups is 2. The monoisotopic (exact) mass is 311 g/mol. The summed E-state index contributed by atoms with van der Waals surface area (Å²) in [7, 11) is 1.28. The summed E-state index contributed by atoms with van der Waals surface area (Å²) in [5, 5.41) is 2.72. The number of methoxy groups -OCH3 is 1. The fourth-order valence-corrected chi connectivity index (χ4v) is 3.52. The lowest BCUT2D eigenvalue weighted by Crippen LogP contribution is -2.40. The van der Waals surface area contributed by atoms with Crippen LogP contribution in [-0.4, -0.2) is 24.0 Å². The summed E-state index contributed by atoms with van der Waals surface area (Å²) in [5.74, 6) is -0.552. The second kappa shape index (κ2) is 4.22. The van der Waals surface area contributed by atoms with E-state index in [2.05, 4.69) is 10.3 Å². The number of hydrogen-bond donors (Lipinski definition) is 2. The highest BCUT2D eigenvalue weighted by Gasteiger charge is 2.61. The van der Waals surface area contributed by atoms with Gasteiger partial charge in [0.15, 0.2) is 11.2 Å². The van der Waals surface area contributed by atoms with Gasteiger partial charge in [-0.25, -0.2) is 4.79 Å². The standard InChI is InChI=1S/C16H13N3O4/c1-7-10(13(20)22-2)16(14(21)18-7)9-6-4-3-5-8(9)11-12(16)19-15(17)23-11/h3-6H,1-2H3,(H2,17,19)(H,18,21)/t16-/m0/s1. The van der Waals surface area contributed by atoms with E-state index in [1.807, 2.05) is 12.1 Å². The van der Waals surface area contributed by atoms with E-state index in [4.69, 9.17) is 14.9 Å². The van der Waals surface area contributed by atoms with Gasteiger partial charge >= 0.3 is 5.97 Å². The smallest absolute Gasteiger partial charge is 0.337 e. The number of ether oxygens (including phenoxy) is 1. The number of nitrogens with one attached hydrogen (secondary N) is 1. The van der Waals surface area contributed by atoms with Crippen LogP contribution < -0.4 is 11.1 Å². The van der Waals surface area contributed by atoms with Gasteiger partial charge in [-0.05, 0) is 12.5 Å². The molecule has 1 aromatic heterocycles. The fraction of sp³-hybridized carbons (Fsp3) is 0.188. The molecule has 2 aromatic rings. The molecule has 4 rings (SSSR count). The normalized spacial score (nSPS) is 21.4. The zero-order chi connectivity index (χ0) is 16.4. The highest BCUT2D eigenvalue weighted by atomic mass is 16.5. The Hall–Kier alpha value is -3.09. The second-order valence-electron chi connectivity index (χ2n) is 5.47. The largest absolute Gasteiger partial charge is 0.466 e. The molecule has 1 aliphatic carbocycles. The highest BCUT2D eigenvalue weighted by molar-refractivity contribution is 6.14. The SMILES string of the molecule is COC(=O)C1=C(C)NC(=O)[C@@]12c1ccccc1-c1oc(N)nc12. The van der Waals surface area contributed by atoms with Crippen LogP contribution in [0.4, 0.5) is 6.01 Å². The van der Waals surface area contributed by atoms with Crippen LogP contribution in [0.15, 0.2) is 40.0 Å². The van der Waals surface area contributed by atoms with E-state index in [0.717, 1.165) is 0 Å². The number of nitrogens with zero attached hydrogens (tertiary/aromatic N) is 1. The first-order chi connectivity index (χ1) is 11.0. The Morgan fingerprint density at radius 3 is 2.87 bits per heavy atom. The van der Waals surface area contributed by atoms with Crippen molar-refractivity contribution in [1.82, 2.24) is 10.3 Å². The molecule has 1 aromatic carbocycles. The second-order valence-corrected chi connectivity index (χ2v) is 5.47. The van der Waals surface area contributed by atoms with Crippen molar-refractivity contribution >= 4 is 17.9 Å². The number of nitrogen functional groups attached to an aromatic ring is 1. The van der Waals surface area contributed by atoms with Gasteiger partial charge in [0.25, 0.3) is 6.01 Å². The predicted octanol–water partition coefficient (Wildman–Crippen LogP) is 1.10. The number of carbonyl (C=O) groups excluding carboxylic acids is 2. The fourth-order valence-electron chi connectivity index (χ4n) is 3.52. The van der Waals surface area contributed by atoms with Crippen molar-refractivity contribution in [1.29, 1.82) is 0 Å². The Balaban J connectivity index is 2.14. The summed E-state index contributed by atoms with van der Waals surface area (Å²) in [4.78, 5) is 29.5. The number of anilines is 1. The molecule has 0 saturated heterocycles. The molecule has 1 aliphatic heterocycles. The van der Waals surface area contributed by atoms with Crippen LogP contribution in [0.1, 0.15) is 18.2 Å². The number of amides is 1. The minimum atomic E-state index is -1.38. The summed E-state index contributed by atoms with van der Waals surface area (Å²) < 4.78 is 10.4. The molecule has 0 saturated carbocycles. The molecule has 1 spiro atoms. The molecule has 7 nitrogen and oxygen atoms in total. The lowest BCUT2D eigenvalue weighted by atomic mass is 9.75. The average molecular weight is 311 g/mol. The third-order valence-electron chi connectivity index (χ3n) is 4.36. The lowest BCUT2D eigenvalue weighted by Gasteiger charge is -2.23. The van der Waals surface area contributed by atoms with Crippen molar-refractivity contribution in [3.63, 3.8) is 0 Å². The zero-order valence-electron chi connectivity index (χ0n) is 12.5. The van der Waals surface area contributed by atoms with Gasteiger partial charge < -0.3 is 20.2 Å². The third-order valence-corrected chi connectivity index (χ3v) is 4.36. The van der Waals surface area contributed by atoms with Gasteiger partial charge in [-0.2, -0.15) is 4.98 Å². The summed E-state index contributed by atoms with van der Waals surface area (Å²) >= 11 is 0. The van der Waals surface area contributed by atoms with E-state index in [1.54, 1.807) is 19.1 Å². The molecule has 1 amide bonds. The van der Waals surface area contributed by atoms with Crippen LogP contribution in [0, 0.1) is 0 Å². The van der Waals surface area contributed by atoms with E-state index in [1.165, 1.54) is 7.11 Å². The van der Waals surface area contributed by atoms with Crippen LogP contribution in [0.25, 0.3) is 11.3 Å². The molecule has 1 atom stereocenters. The number of fused-ring (bicyclic) bond motifs is 5. The number of esters is 1. The molecule has 2 aliphatic rings. The number of rotatable bonds is 1. The third kappa shape index (κ3) is 1.41. The number of nitrogens with two attached hydrogens (primary N) is 1. The Morgan fingerprint density at radius 2 is 2.13 bits per heavy atom. The van der Waals surface area contributed by atoms with E-state index in [9.17, 15) is 9.59 Å². The first kappa shape index (κ1) is 13.6. The average Bonchev–Trinajstić information content (AvgIpc) is 3.12. The maximum absolute atomic E-state index is 12.9. The molecule has 0 radical (unpaired) electrons. The number of oxazole rings is 1. The summed E-state index contributed by atoms with van der Waals surface area (Å²) in [5.41, 5.74) is 6.61. The lowest BCUT2D eigenvalue weighted by molar-refractivity contribution is -0.137. The number of hydrogen-bond acceptors (Lipinski definition) is 6. The van der Waals surface area contributed by atoms with Crippen LogP contribution in [0.5, 0.6) is 0 Å². The maximum atomic E-state index is 12.9. The Bertz CT molecular complexity index is 912. The van der Waals surface area contributed by atoms with Gasteiger partial charge in [0.2, 0.25) is 5.91 Å². The molecular formula is C16H13N3O4. The Labute approximate surface area is 131 Å². The maximum Gasteiger partial charge on any atom is 0.337 e. The molecule has 0 bridgehead atoms. The summed E-state index contributed by atoms with van der Waals surface area (Å²) in [6.45, 7) is 1.66. The van der Waals surface area contributed by atoms with E-state index < -0.39 is 11.4 Å². The van der Waals surface area contributed by atoms with Crippen LogP contribution in [0.2, 0.25) is 0 Å². The van der Waals surface area contributed by atoms with E-state index >= 15 is 0 Å². The molecule has 0 unspecified atom stereocenters. The summed E-state index contributed by atoms with van der Waals surface area (Å²) in [6, 6.07) is 7.16.